The molecule has 1 heterocycles. The average molecular weight is 365 g/mol. The first-order valence-electron chi connectivity index (χ1n) is 8.81. The first-order valence-corrected chi connectivity index (χ1v) is 8.81. The Hall–Kier alpha value is -3.21. The molecule has 0 fully saturated rings. The van der Waals surface area contributed by atoms with Crippen LogP contribution in [0, 0.1) is 0 Å². The number of hydrogen-bond acceptors (Lipinski definition) is 4. The van der Waals surface area contributed by atoms with Crippen LogP contribution in [0.25, 0.3) is 11.1 Å². The van der Waals surface area contributed by atoms with Crippen molar-refractivity contribution in [2.24, 2.45) is 0 Å². The van der Waals surface area contributed by atoms with Gasteiger partial charge in [-0.2, -0.15) is 0 Å². The lowest BCUT2D eigenvalue weighted by Gasteiger charge is -2.13. The molecule has 5 nitrogen and oxygen atoms in total. The summed E-state index contributed by atoms with van der Waals surface area (Å²) in [6.45, 7) is 2.91. The number of carbonyl (C=O) groups is 1. The van der Waals surface area contributed by atoms with Gasteiger partial charge in [-0.3, -0.25) is 0 Å². The highest BCUT2D eigenvalue weighted by Gasteiger charge is 2.24. The molecule has 0 amide bonds. The molecule has 3 rings (SSSR count). The van der Waals surface area contributed by atoms with Gasteiger partial charge in [0.25, 0.3) is 0 Å². The zero-order chi connectivity index (χ0) is 19.2. The summed E-state index contributed by atoms with van der Waals surface area (Å²) in [4.78, 5) is 12.6. The van der Waals surface area contributed by atoms with Gasteiger partial charge in [0.1, 0.15) is 11.4 Å². The van der Waals surface area contributed by atoms with Crippen LogP contribution in [0.5, 0.6) is 11.6 Å². The summed E-state index contributed by atoms with van der Waals surface area (Å²) in [5.41, 5.74) is 3.23. The summed E-state index contributed by atoms with van der Waals surface area (Å²) < 4.78 is 18.0. The Labute approximate surface area is 159 Å². The Balaban J connectivity index is 2.11. The second-order valence-corrected chi connectivity index (χ2v) is 5.97. The van der Waals surface area contributed by atoms with Gasteiger partial charge in [-0.05, 0) is 30.2 Å². The zero-order valence-corrected chi connectivity index (χ0v) is 15.8. The molecule has 0 radical (unpaired) electrons. The van der Waals surface area contributed by atoms with Crippen LogP contribution in [-0.4, -0.2) is 31.4 Å². The van der Waals surface area contributed by atoms with Crippen LogP contribution in [0.15, 0.2) is 60.7 Å². The van der Waals surface area contributed by atoms with Crippen LogP contribution in [0.4, 0.5) is 0 Å². The lowest BCUT2D eigenvalue weighted by Crippen LogP contribution is -2.14. The standard InChI is InChI=1S/C22H23NO4/c1-4-27-20-14-19(17-8-6-5-7-9-17)21(22(24)26-3)23(20)15-16-10-12-18(25-2)13-11-16/h5-14H,4,15H2,1-3H3. The Morgan fingerprint density at radius 2 is 1.70 bits per heavy atom. The summed E-state index contributed by atoms with van der Waals surface area (Å²) >= 11 is 0. The van der Waals surface area contributed by atoms with E-state index < -0.39 is 5.97 Å². The normalized spacial score (nSPS) is 10.5. The second kappa shape index (κ2) is 8.45. The molecule has 2 aromatic carbocycles. The molecule has 0 atom stereocenters. The number of rotatable bonds is 7. The van der Waals surface area contributed by atoms with Crippen LogP contribution in [0.3, 0.4) is 0 Å². The summed E-state index contributed by atoms with van der Waals surface area (Å²) in [5.74, 6) is 1.02. The van der Waals surface area contributed by atoms with Crippen molar-refractivity contribution < 1.29 is 19.0 Å². The summed E-state index contributed by atoms with van der Waals surface area (Å²) in [7, 11) is 3.03. The fourth-order valence-corrected chi connectivity index (χ4v) is 3.02. The van der Waals surface area contributed by atoms with E-state index in [-0.39, 0.29) is 0 Å². The van der Waals surface area contributed by atoms with Gasteiger partial charge in [0.2, 0.25) is 0 Å². The maximum Gasteiger partial charge on any atom is 0.355 e. The van der Waals surface area contributed by atoms with Gasteiger partial charge in [0, 0.05) is 11.6 Å². The van der Waals surface area contributed by atoms with Crippen LogP contribution in [-0.2, 0) is 11.3 Å². The maximum absolute atomic E-state index is 12.6. The Morgan fingerprint density at radius 1 is 1.00 bits per heavy atom. The minimum absolute atomic E-state index is 0.395. The highest BCUT2D eigenvalue weighted by Crippen LogP contribution is 2.33. The third kappa shape index (κ3) is 3.97. The smallest absolute Gasteiger partial charge is 0.355 e. The molecule has 0 unspecified atom stereocenters. The molecule has 0 spiro atoms. The third-order valence-corrected chi connectivity index (χ3v) is 4.31. The van der Waals surface area contributed by atoms with Crippen LogP contribution in [0.2, 0.25) is 0 Å². The third-order valence-electron chi connectivity index (χ3n) is 4.31. The van der Waals surface area contributed by atoms with Crippen molar-refractivity contribution in [3.63, 3.8) is 0 Å². The fraction of sp³-hybridized carbons (Fsp3) is 0.227. The number of hydrogen-bond donors (Lipinski definition) is 0. The Kier molecular flexibility index (Phi) is 5.81. The zero-order valence-electron chi connectivity index (χ0n) is 15.8. The lowest BCUT2D eigenvalue weighted by atomic mass is 10.1. The van der Waals surface area contributed by atoms with Crippen LogP contribution in [0.1, 0.15) is 23.0 Å². The monoisotopic (exact) mass is 365 g/mol. The van der Waals surface area contributed by atoms with E-state index in [0.717, 1.165) is 22.4 Å². The van der Waals surface area contributed by atoms with Crippen molar-refractivity contribution >= 4 is 5.97 Å². The minimum Gasteiger partial charge on any atom is -0.497 e. The average Bonchev–Trinajstić information content (AvgIpc) is 3.07. The molecule has 0 aliphatic carbocycles. The minimum atomic E-state index is -0.395. The van der Waals surface area contributed by atoms with E-state index in [1.54, 1.807) is 7.11 Å². The molecule has 140 valence electrons. The van der Waals surface area contributed by atoms with Crippen molar-refractivity contribution in [2.75, 3.05) is 20.8 Å². The van der Waals surface area contributed by atoms with Gasteiger partial charge in [-0.1, -0.05) is 42.5 Å². The van der Waals surface area contributed by atoms with Gasteiger partial charge < -0.3 is 18.8 Å². The summed E-state index contributed by atoms with van der Waals surface area (Å²) in [5, 5.41) is 0. The van der Waals surface area contributed by atoms with E-state index in [4.69, 9.17) is 14.2 Å². The Bertz CT molecular complexity index is 898. The number of benzene rings is 2. The highest BCUT2D eigenvalue weighted by atomic mass is 16.5. The topological polar surface area (TPSA) is 49.7 Å². The molecule has 0 aliphatic rings. The molecule has 3 aromatic rings. The van der Waals surface area contributed by atoms with E-state index in [0.29, 0.717) is 24.7 Å². The van der Waals surface area contributed by atoms with Crippen molar-refractivity contribution in [3.05, 3.63) is 71.9 Å². The molecule has 0 bridgehead atoms. The van der Waals surface area contributed by atoms with E-state index in [1.165, 1.54) is 7.11 Å². The number of carbonyl (C=O) groups excluding carboxylic acids is 1. The van der Waals surface area contributed by atoms with Crippen molar-refractivity contribution in [1.29, 1.82) is 0 Å². The van der Waals surface area contributed by atoms with Gasteiger partial charge >= 0.3 is 5.97 Å². The molecule has 0 saturated heterocycles. The van der Waals surface area contributed by atoms with E-state index in [9.17, 15) is 4.79 Å². The second-order valence-electron chi connectivity index (χ2n) is 5.97. The van der Waals surface area contributed by atoms with Crippen LogP contribution >= 0.6 is 0 Å². The molecule has 0 saturated carbocycles. The van der Waals surface area contributed by atoms with Crippen molar-refractivity contribution in [1.82, 2.24) is 4.57 Å². The fourth-order valence-electron chi connectivity index (χ4n) is 3.02. The predicted octanol–water partition coefficient (Wildman–Crippen LogP) is 4.40. The Morgan fingerprint density at radius 3 is 2.30 bits per heavy atom. The summed E-state index contributed by atoms with van der Waals surface area (Å²) in [6.07, 6.45) is 0. The summed E-state index contributed by atoms with van der Waals surface area (Å²) in [6, 6.07) is 19.4. The number of esters is 1. The van der Waals surface area contributed by atoms with Crippen LogP contribution < -0.4 is 9.47 Å². The van der Waals surface area contributed by atoms with E-state index in [2.05, 4.69) is 0 Å². The van der Waals surface area contributed by atoms with Crippen molar-refractivity contribution in [3.8, 4) is 22.8 Å². The largest absolute Gasteiger partial charge is 0.497 e. The number of aromatic nitrogens is 1. The van der Waals surface area contributed by atoms with Gasteiger partial charge in [-0.15, -0.1) is 0 Å². The van der Waals surface area contributed by atoms with Gasteiger partial charge in [-0.25, -0.2) is 4.79 Å². The number of ether oxygens (including phenoxy) is 3. The predicted molar refractivity (Wildman–Crippen MR) is 104 cm³/mol. The molecular weight excluding hydrogens is 342 g/mol. The first kappa shape index (κ1) is 18.6. The van der Waals surface area contributed by atoms with Crippen molar-refractivity contribution in [2.45, 2.75) is 13.5 Å². The maximum atomic E-state index is 12.6. The van der Waals surface area contributed by atoms with Gasteiger partial charge in [0.15, 0.2) is 5.88 Å². The van der Waals surface area contributed by atoms with E-state index >= 15 is 0 Å². The molecule has 0 aliphatic heterocycles. The molecular formula is C22H23NO4. The lowest BCUT2D eigenvalue weighted by molar-refractivity contribution is 0.0588. The molecule has 27 heavy (non-hydrogen) atoms. The SMILES string of the molecule is CCOc1cc(-c2ccccc2)c(C(=O)OC)n1Cc1ccc(OC)cc1. The molecule has 5 heteroatoms. The quantitative estimate of drug-likeness (QED) is 0.583. The molecule has 1 aromatic heterocycles. The number of methoxy groups -OCH3 is 2. The first-order chi connectivity index (χ1) is 13.2. The van der Waals surface area contributed by atoms with Gasteiger partial charge in [0.05, 0.1) is 27.4 Å². The molecule has 0 N–H and O–H groups in total. The van der Waals surface area contributed by atoms with E-state index in [1.807, 2.05) is 72.2 Å². The highest BCUT2D eigenvalue weighted by molar-refractivity contribution is 5.96. The number of nitrogens with zero attached hydrogens (tertiary/aromatic N) is 1.